The van der Waals surface area contributed by atoms with Crippen molar-refractivity contribution >= 4 is 11.9 Å². The highest BCUT2D eigenvalue weighted by molar-refractivity contribution is 5.95. The van der Waals surface area contributed by atoms with Crippen LogP contribution in [0, 0.1) is 0 Å². The number of rotatable bonds is 2. The summed E-state index contributed by atoms with van der Waals surface area (Å²) in [7, 11) is 0. The lowest BCUT2D eigenvalue weighted by Crippen LogP contribution is -3.19. The van der Waals surface area contributed by atoms with E-state index >= 15 is 0 Å². The fraction of sp³-hybridized carbons (Fsp3) is 0.800. The van der Waals surface area contributed by atoms with Crippen LogP contribution >= 0.6 is 0 Å². The number of quaternary nitrogens is 1. The number of morpholine rings is 1. The van der Waals surface area contributed by atoms with Crippen molar-refractivity contribution in [1.29, 1.82) is 0 Å². The van der Waals surface area contributed by atoms with Crippen molar-refractivity contribution in [2.45, 2.75) is 39.0 Å². The summed E-state index contributed by atoms with van der Waals surface area (Å²) in [5.74, 6) is -0.330. The van der Waals surface area contributed by atoms with Gasteiger partial charge in [-0.15, -0.1) is 0 Å². The van der Waals surface area contributed by atoms with Gasteiger partial charge in [-0.05, 0) is 20.8 Å². The third-order valence-electron chi connectivity index (χ3n) is 2.82. The zero-order valence-corrected chi connectivity index (χ0v) is 9.95. The molecule has 1 aliphatic rings. The van der Waals surface area contributed by atoms with Gasteiger partial charge < -0.3 is 15.4 Å². The van der Waals surface area contributed by atoms with Gasteiger partial charge in [0.2, 0.25) is 0 Å². The Morgan fingerprint density at radius 3 is 2.31 bits per heavy atom. The highest BCUT2D eigenvalue weighted by Gasteiger charge is 2.33. The third-order valence-corrected chi connectivity index (χ3v) is 2.82. The number of hydrogen-bond acceptors (Lipinski definition) is 3. The van der Waals surface area contributed by atoms with Crippen LogP contribution in [0.15, 0.2) is 0 Å². The van der Waals surface area contributed by atoms with Gasteiger partial charge in [0, 0.05) is 0 Å². The molecule has 0 aromatic heterocycles. The summed E-state index contributed by atoms with van der Waals surface area (Å²) in [6.45, 7) is 7.27. The van der Waals surface area contributed by atoms with Crippen LogP contribution in [0.25, 0.3) is 0 Å². The molecule has 0 aromatic carbocycles. The Labute approximate surface area is 95.1 Å². The van der Waals surface area contributed by atoms with Crippen molar-refractivity contribution in [3.05, 3.63) is 0 Å². The molecule has 0 bridgehead atoms. The van der Waals surface area contributed by atoms with Crippen LogP contribution in [0.1, 0.15) is 20.8 Å². The number of hydrogen-bond donors (Lipinski definition) is 3. The monoisotopic (exact) mass is 230 g/mol. The van der Waals surface area contributed by atoms with E-state index in [1.54, 1.807) is 6.92 Å². The molecule has 1 aliphatic heterocycles. The Balaban J connectivity index is 2.55. The van der Waals surface area contributed by atoms with E-state index in [1.165, 1.54) is 0 Å². The number of imide groups is 1. The molecule has 0 radical (unpaired) electrons. The molecule has 16 heavy (non-hydrogen) atoms. The summed E-state index contributed by atoms with van der Waals surface area (Å²) >= 11 is 0. The molecule has 1 heterocycles. The lowest BCUT2D eigenvalue weighted by atomic mass is 10.1. The smallest absolute Gasteiger partial charge is 0.319 e. The van der Waals surface area contributed by atoms with Crippen LogP contribution in [0.4, 0.5) is 4.79 Å². The average molecular weight is 230 g/mol. The van der Waals surface area contributed by atoms with Crippen molar-refractivity contribution < 1.29 is 19.2 Å². The Bertz CT molecular complexity index is 272. The quantitative estimate of drug-likeness (QED) is 0.526. The van der Waals surface area contributed by atoms with Gasteiger partial charge in [-0.3, -0.25) is 10.1 Å². The van der Waals surface area contributed by atoms with Gasteiger partial charge in [0.15, 0.2) is 6.04 Å². The highest BCUT2D eigenvalue weighted by Crippen LogP contribution is 1.99. The van der Waals surface area contributed by atoms with E-state index in [4.69, 9.17) is 10.5 Å². The number of amides is 3. The first-order chi connectivity index (χ1) is 7.40. The van der Waals surface area contributed by atoms with E-state index in [0.717, 1.165) is 18.0 Å². The van der Waals surface area contributed by atoms with Crippen LogP contribution in [-0.2, 0) is 9.53 Å². The topological polar surface area (TPSA) is 85.9 Å². The highest BCUT2D eigenvalue weighted by atomic mass is 16.5. The molecular formula is C10H20N3O3+. The lowest BCUT2D eigenvalue weighted by Gasteiger charge is -2.35. The largest absolute Gasteiger partial charge is 0.364 e. The van der Waals surface area contributed by atoms with Gasteiger partial charge in [-0.2, -0.15) is 0 Å². The maximum atomic E-state index is 11.6. The van der Waals surface area contributed by atoms with Crippen molar-refractivity contribution in [2.24, 2.45) is 5.73 Å². The van der Waals surface area contributed by atoms with Crippen LogP contribution in [0.5, 0.6) is 0 Å². The van der Waals surface area contributed by atoms with E-state index in [1.807, 2.05) is 13.8 Å². The number of nitrogens with one attached hydrogen (secondary N) is 2. The molecule has 0 spiro atoms. The van der Waals surface area contributed by atoms with Crippen molar-refractivity contribution in [2.75, 3.05) is 13.1 Å². The van der Waals surface area contributed by atoms with Crippen LogP contribution in [0.3, 0.4) is 0 Å². The third kappa shape index (κ3) is 3.46. The second-order valence-electron chi connectivity index (χ2n) is 4.40. The maximum Gasteiger partial charge on any atom is 0.319 e. The molecule has 6 nitrogen and oxygen atoms in total. The molecule has 0 unspecified atom stereocenters. The molecule has 1 saturated heterocycles. The fourth-order valence-corrected chi connectivity index (χ4v) is 2.08. The van der Waals surface area contributed by atoms with Gasteiger partial charge in [-0.1, -0.05) is 0 Å². The summed E-state index contributed by atoms with van der Waals surface area (Å²) in [5, 5.41) is 2.11. The Hall–Kier alpha value is -1.14. The lowest BCUT2D eigenvalue weighted by molar-refractivity contribution is -0.928. The SMILES string of the molecule is C[C@H]1C[NH+]([C@@H](C)C(=O)NC(N)=O)C[C@H](C)O1. The van der Waals surface area contributed by atoms with E-state index in [0.29, 0.717) is 0 Å². The van der Waals surface area contributed by atoms with E-state index in [-0.39, 0.29) is 24.2 Å². The molecule has 1 rings (SSSR count). The number of urea groups is 1. The van der Waals surface area contributed by atoms with E-state index < -0.39 is 6.03 Å². The van der Waals surface area contributed by atoms with E-state index in [2.05, 4.69) is 5.32 Å². The first-order valence-electron chi connectivity index (χ1n) is 5.50. The number of nitrogens with two attached hydrogens (primary N) is 1. The maximum absolute atomic E-state index is 11.6. The molecular weight excluding hydrogens is 210 g/mol. The van der Waals surface area contributed by atoms with Gasteiger partial charge in [0.1, 0.15) is 25.3 Å². The normalized spacial score (nSPS) is 31.8. The molecule has 3 amide bonds. The molecule has 0 aliphatic carbocycles. The molecule has 1 fully saturated rings. The summed E-state index contributed by atoms with van der Waals surface area (Å²) in [6.07, 6.45) is 0.255. The Morgan fingerprint density at radius 1 is 1.38 bits per heavy atom. The second-order valence-corrected chi connectivity index (χ2v) is 4.40. The number of ether oxygens (including phenoxy) is 1. The van der Waals surface area contributed by atoms with Crippen LogP contribution in [-0.4, -0.2) is 43.3 Å². The first kappa shape index (κ1) is 12.9. The van der Waals surface area contributed by atoms with Crippen LogP contribution in [0.2, 0.25) is 0 Å². The minimum Gasteiger partial charge on any atom is -0.364 e. The minimum absolute atomic E-state index is 0.127. The standard InChI is InChI=1S/C10H19N3O3/c1-6-4-13(5-7(2)16-6)8(3)9(14)12-10(11)15/h6-8H,4-5H2,1-3H3,(H3,11,12,14,15)/p+1/t6-,7-,8-/m0/s1. The fourth-order valence-electron chi connectivity index (χ4n) is 2.08. The van der Waals surface area contributed by atoms with Crippen LogP contribution < -0.4 is 16.0 Å². The van der Waals surface area contributed by atoms with Gasteiger partial charge >= 0.3 is 6.03 Å². The zero-order chi connectivity index (χ0) is 12.3. The van der Waals surface area contributed by atoms with Gasteiger partial charge in [0.25, 0.3) is 5.91 Å². The summed E-state index contributed by atoms with van der Waals surface area (Å²) in [4.78, 5) is 23.3. The second kappa shape index (κ2) is 5.27. The minimum atomic E-state index is -0.800. The molecule has 3 atom stereocenters. The first-order valence-corrected chi connectivity index (χ1v) is 5.50. The molecule has 6 heteroatoms. The molecule has 4 N–H and O–H groups in total. The zero-order valence-electron chi connectivity index (χ0n) is 9.95. The molecule has 0 saturated carbocycles. The summed E-state index contributed by atoms with van der Waals surface area (Å²) in [6, 6.07) is -1.09. The summed E-state index contributed by atoms with van der Waals surface area (Å²) in [5.41, 5.74) is 4.91. The Kier molecular flexibility index (Phi) is 4.26. The van der Waals surface area contributed by atoms with Gasteiger partial charge in [-0.25, -0.2) is 4.79 Å². The Morgan fingerprint density at radius 2 is 1.88 bits per heavy atom. The van der Waals surface area contributed by atoms with Crippen molar-refractivity contribution in [1.82, 2.24) is 5.32 Å². The van der Waals surface area contributed by atoms with Crippen molar-refractivity contribution in [3.8, 4) is 0 Å². The number of carbonyl (C=O) groups excluding carboxylic acids is 2. The van der Waals surface area contributed by atoms with Gasteiger partial charge in [0.05, 0.1) is 0 Å². The number of primary amides is 1. The predicted octanol–water partition coefficient (Wildman–Crippen LogP) is -1.74. The molecule has 0 aromatic rings. The summed E-state index contributed by atoms with van der Waals surface area (Å²) < 4.78 is 5.58. The number of carbonyl (C=O) groups is 2. The molecule has 92 valence electrons. The average Bonchev–Trinajstić information content (AvgIpc) is 2.13. The van der Waals surface area contributed by atoms with Crippen molar-refractivity contribution in [3.63, 3.8) is 0 Å². The van der Waals surface area contributed by atoms with E-state index in [9.17, 15) is 9.59 Å². The predicted molar refractivity (Wildman–Crippen MR) is 57.9 cm³/mol.